The van der Waals surface area contributed by atoms with Crippen LogP contribution in [0, 0.1) is 13.8 Å². The molecule has 1 aliphatic heterocycles. The van der Waals surface area contributed by atoms with Crippen molar-refractivity contribution >= 4 is 27.5 Å². The number of aryl methyl sites for hydroxylation is 2. The van der Waals surface area contributed by atoms with E-state index in [4.69, 9.17) is 14.2 Å². The van der Waals surface area contributed by atoms with Crippen molar-refractivity contribution in [2.24, 2.45) is 0 Å². The zero-order valence-corrected chi connectivity index (χ0v) is 18.3. The summed E-state index contributed by atoms with van der Waals surface area (Å²) in [5.41, 5.74) is 3.28. The monoisotopic (exact) mass is 433 g/mol. The van der Waals surface area contributed by atoms with E-state index in [-0.39, 0.29) is 11.9 Å². The average Bonchev–Trinajstić information content (AvgIpc) is 3.50. The van der Waals surface area contributed by atoms with Crippen molar-refractivity contribution in [1.29, 1.82) is 0 Å². The van der Waals surface area contributed by atoms with E-state index in [9.17, 15) is 4.79 Å². The highest BCUT2D eigenvalue weighted by Crippen LogP contribution is 2.38. The molecule has 4 aromatic rings. The van der Waals surface area contributed by atoms with Crippen molar-refractivity contribution in [2.75, 3.05) is 6.54 Å². The lowest BCUT2D eigenvalue weighted by Crippen LogP contribution is -2.30. The lowest BCUT2D eigenvalue weighted by molar-refractivity contribution is 0.0730. The van der Waals surface area contributed by atoms with Gasteiger partial charge in [0, 0.05) is 6.54 Å². The Kier molecular flexibility index (Phi) is 5.19. The van der Waals surface area contributed by atoms with Crippen molar-refractivity contribution in [3.8, 4) is 5.75 Å². The molecule has 5 rings (SSSR count). The molecule has 0 N–H and O–H groups in total. The SMILES string of the molecule is Cc1noc(C)c1COc1ccccc1C(=O)N1CCCC1c1nc2ccccc2s1. The van der Waals surface area contributed by atoms with Gasteiger partial charge in [-0.1, -0.05) is 29.4 Å². The molecule has 0 spiro atoms. The van der Waals surface area contributed by atoms with Crippen molar-refractivity contribution < 1.29 is 14.1 Å². The smallest absolute Gasteiger partial charge is 0.258 e. The van der Waals surface area contributed by atoms with Gasteiger partial charge in [-0.15, -0.1) is 11.3 Å². The second-order valence-electron chi connectivity index (χ2n) is 7.76. The third kappa shape index (κ3) is 3.70. The Balaban J connectivity index is 1.40. The van der Waals surface area contributed by atoms with E-state index < -0.39 is 0 Å². The average molecular weight is 434 g/mol. The van der Waals surface area contributed by atoms with Crippen LogP contribution in [-0.4, -0.2) is 27.5 Å². The van der Waals surface area contributed by atoms with Gasteiger partial charge in [0.25, 0.3) is 5.91 Å². The largest absolute Gasteiger partial charge is 0.488 e. The third-order valence-corrected chi connectivity index (χ3v) is 6.92. The Labute approximate surface area is 184 Å². The molecule has 0 bridgehead atoms. The van der Waals surface area contributed by atoms with Crippen LogP contribution in [0.15, 0.2) is 53.1 Å². The summed E-state index contributed by atoms with van der Waals surface area (Å²) in [5, 5.41) is 4.98. The Bertz CT molecular complexity index is 1190. The van der Waals surface area contributed by atoms with Gasteiger partial charge >= 0.3 is 0 Å². The van der Waals surface area contributed by atoms with Gasteiger partial charge in [-0.05, 0) is 51.0 Å². The zero-order valence-electron chi connectivity index (χ0n) is 17.5. The van der Waals surface area contributed by atoms with Crippen LogP contribution in [0.25, 0.3) is 10.2 Å². The number of likely N-dealkylation sites (tertiary alicyclic amines) is 1. The predicted octanol–water partition coefficient (Wildman–Crippen LogP) is 5.46. The highest BCUT2D eigenvalue weighted by atomic mass is 32.1. The van der Waals surface area contributed by atoms with Crippen LogP contribution >= 0.6 is 11.3 Å². The molecule has 1 amide bonds. The zero-order chi connectivity index (χ0) is 21.4. The van der Waals surface area contributed by atoms with Crippen molar-refractivity contribution in [3.05, 3.63) is 76.1 Å². The number of hydrogen-bond acceptors (Lipinski definition) is 6. The molecule has 1 unspecified atom stereocenters. The van der Waals surface area contributed by atoms with Gasteiger partial charge in [-0.3, -0.25) is 4.79 Å². The fourth-order valence-corrected chi connectivity index (χ4v) is 5.20. The molecule has 2 aromatic heterocycles. The highest BCUT2D eigenvalue weighted by molar-refractivity contribution is 7.18. The fraction of sp³-hybridized carbons (Fsp3) is 0.292. The number of nitrogens with zero attached hydrogens (tertiary/aromatic N) is 3. The van der Waals surface area contributed by atoms with Gasteiger partial charge < -0.3 is 14.2 Å². The second-order valence-corrected chi connectivity index (χ2v) is 8.83. The molecule has 0 aliphatic carbocycles. The minimum absolute atomic E-state index is 0.000480. The van der Waals surface area contributed by atoms with Crippen LogP contribution in [-0.2, 0) is 6.61 Å². The number of hydrogen-bond donors (Lipinski definition) is 0. The summed E-state index contributed by atoms with van der Waals surface area (Å²) in [6.45, 7) is 4.78. The Hall–Kier alpha value is -3.19. The van der Waals surface area contributed by atoms with Gasteiger partial charge in [-0.2, -0.15) is 0 Å². The minimum Gasteiger partial charge on any atom is -0.488 e. The maximum Gasteiger partial charge on any atom is 0.258 e. The van der Waals surface area contributed by atoms with Gasteiger partial charge in [0.1, 0.15) is 23.1 Å². The third-order valence-electron chi connectivity index (χ3n) is 5.78. The van der Waals surface area contributed by atoms with E-state index in [2.05, 4.69) is 11.2 Å². The Morgan fingerprint density at radius 2 is 2.00 bits per heavy atom. The van der Waals surface area contributed by atoms with E-state index in [1.165, 1.54) is 0 Å². The summed E-state index contributed by atoms with van der Waals surface area (Å²) >= 11 is 1.67. The first-order valence-corrected chi connectivity index (χ1v) is 11.2. The van der Waals surface area contributed by atoms with E-state index in [1.807, 2.05) is 61.2 Å². The number of aromatic nitrogens is 2. The number of benzene rings is 2. The summed E-state index contributed by atoms with van der Waals surface area (Å²) in [4.78, 5) is 20.3. The fourth-order valence-electron chi connectivity index (χ4n) is 4.08. The first-order chi connectivity index (χ1) is 15.1. The number of ether oxygens (including phenoxy) is 1. The summed E-state index contributed by atoms with van der Waals surface area (Å²) in [7, 11) is 0. The number of carbonyl (C=O) groups excluding carboxylic acids is 1. The summed E-state index contributed by atoms with van der Waals surface area (Å²) < 4.78 is 12.4. The van der Waals surface area contributed by atoms with Crippen LogP contribution < -0.4 is 4.74 Å². The molecule has 1 fully saturated rings. The highest BCUT2D eigenvalue weighted by Gasteiger charge is 2.34. The molecule has 31 heavy (non-hydrogen) atoms. The molecular formula is C24H23N3O3S. The molecule has 6 nitrogen and oxygen atoms in total. The van der Waals surface area contributed by atoms with Crippen molar-refractivity contribution in [3.63, 3.8) is 0 Å². The van der Waals surface area contributed by atoms with Gasteiger partial charge in [0.15, 0.2) is 0 Å². The summed E-state index contributed by atoms with van der Waals surface area (Å²) in [5.74, 6) is 1.29. The van der Waals surface area contributed by atoms with Crippen LogP contribution in [0.4, 0.5) is 0 Å². The van der Waals surface area contributed by atoms with Crippen LogP contribution in [0.5, 0.6) is 5.75 Å². The molecule has 0 saturated carbocycles. The van der Waals surface area contributed by atoms with Gasteiger partial charge in [0.2, 0.25) is 0 Å². The minimum atomic E-state index is -0.0175. The normalized spacial score (nSPS) is 16.2. The number of para-hydroxylation sites is 2. The van der Waals surface area contributed by atoms with E-state index in [0.717, 1.165) is 51.6 Å². The number of thiazole rings is 1. The molecule has 7 heteroatoms. The summed E-state index contributed by atoms with van der Waals surface area (Å²) in [6, 6.07) is 15.6. The second kappa shape index (κ2) is 8.15. The predicted molar refractivity (Wildman–Crippen MR) is 119 cm³/mol. The number of carbonyl (C=O) groups is 1. The maximum absolute atomic E-state index is 13.6. The van der Waals surface area contributed by atoms with Crippen molar-refractivity contribution in [1.82, 2.24) is 15.0 Å². The topological polar surface area (TPSA) is 68.5 Å². The quantitative estimate of drug-likeness (QED) is 0.418. The number of amides is 1. The summed E-state index contributed by atoms with van der Waals surface area (Å²) in [6.07, 6.45) is 1.89. The first kappa shape index (κ1) is 19.8. The molecule has 2 aromatic carbocycles. The molecule has 158 valence electrons. The van der Waals surface area contributed by atoms with E-state index in [1.54, 1.807) is 11.3 Å². The van der Waals surface area contributed by atoms with Crippen LogP contribution in [0.2, 0.25) is 0 Å². The lowest BCUT2D eigenvalue weighted by Gasteiger charge is -2.24. The Morgan fingerprint density at radius 1 is 1.19 bits per heavy atom. The molecular weight excluding hydrogens is 410 g/mol. The van der Waals surface area contributed by atoms with Crippen LogP contribution in [0.3, 0.4) is 0 Å². The molecule has 1 aliphatic rings. The number of fused-ring (bicyclic) bond motifs is 1. The van der Waals surface area contributed by atoms with Gasteiger partial charge in [0.05, 0.1) is 33.1 Å². The van der Waals surface area contributed by atoms with Gasteiger partial charge in [-0.25, -0.2) is 4.98 Å². The van der Waals surface area contributed by atoms with Crippen molar-refractivity contribution in [2.45, 2.75) is 39.3 Å². The lowest BCUT2D eigenvalue weighted by atomic mass is 10.1. The number of rotatable bonds is 5. The Morgan fingerprint density at radius 3 is 2.81 bits per heavy atom. The molecule has 1 atom stereocenters. The van der Waals surface area contributed by atoms with E-state index >= 15 is 0 Å². The van der Waals surface area contributed by atoms with E-state index in [0.29, 0.717) is 17.9 Å². The maximum atomic E-state index is 13.6. The molecule has 3 heterocycles. The molecule has 0 radical (unpaired) electrons. The standard InChI is InChI=1S/C24H23N3O3S/c1-15-18(16(2)30-26-15)14-29-21-11-5-3-8-17(21)24(28)27-13-7-10-20(27)23-25-19-9-4-6-12-22(19)31-23/h3-6,8-9,11-12,20H,7,10,13-14H2,1-2H3. The molecule has 1 saturated heterocycles. The first-order valence-electron chi connectivity index (χ1n) is 10.4. The van der Waals surface area contributed by atoms with Crippen LogP contribution in [0.1, 0.15) is 51.3 Å².